The van der Waals surface area contributed by atoms with Crippen LogP contribution in [0.15, 0.2) is 0 Å². The van der Waals surface area contributed by atoms with Crippen molar-refractivity contribution in [3.8, 4) is 6.07 Å². The Morgan fingerprint density at radius 3 is 2.25 bits per heavy atom. The van der Waals surface area contributed by atoms with Crippen LogP contribution in [0.25, 0.3) is 0 Å². The number of hydrogen-bond donors (Lipinski definition) is 1. The first-order valence-corrected chi connectivity index (χ1v) is 6.59. The standard InChI is InChI=1S/C10H22N3O2P/c1-9(2)13(10(3)4)16(15-12-5)14-8-6-7-11/h9-10,12H,6,8H2,1-5H3. The van der Waals surface area contributed by atoms with Gasteiger partial charge < -0.3 is 4.52 Å². The third kappa shape index (κ3) is 5.74. The quantitative estimate of drug-likeness (QED) is 0.405. The molecule has 0 saturated heterocycles. The van der Waals surface area contributed by atoms with Crippen LogP contribution in [0.5, 0.6) is 0 Å². The number of nitrogens with zero attached hydrogens (tertiary/aromatic N) is 2. The van der Waals surface area contributed by atoms with Crippen LogP contribution in [0, 0.1) is 11.3 Å². The largest absolute Gasteiger partial charge is 0.320 e. The van der Waals surface area contributed by atoms with Crippen molar-refractivity contribution >= 4 is 8.53 Å². The molecule has 0 aliphatic rings. The molecule has 5 nitrogen and oxygen atoms in total. The molecule has 0 spiro atoms. The Labute approximate surface area is 99.6 Å². The first kappa shape index (κ1) is 15.8. The van der Waals surface area contributed by atoms with E-state index < -0.39 is 8.53 Å². The molecule has 0 heterocycles. The van der Waals surface area contributed by atoms with Crippen LogP contribution in [-0.4, -0.2) is 30.4 Å². The highest BCUT2D eigenvalue weighted by Gasteiger charge is 2.26. The number of hydrogen-bond acceptors (Lipinski definition) is 5. The van der Waals surface area contributed by atoms with Gasteiger partial charge in [0.05, 0.1) is 19.1 Å². The van der Waals surface area contributed by atoms with E-state index in [1.165, 1.54) is 0 Å². The second-order valence-corrected chi connectivity index (χ2v) is 5.22. The highest BCUT2D eigenvalue weighted by molar-refractivity contribution is 7.44. The van der Waals surface area contributed by atoms with Crippen molar-refractivity contribution in [1.29, 1.82) is 5.26 Å². The fraction of sp³-hybridized carbons (Fsp3) is 0.900. The highest BCUT2D eigenvalue weighted by atomic mass is 31.2. The van der Waals surface area contributed by atoms with Crippen molar-refractivity contribution in [2.45, 2.75) is 46.2 Å². The average Bonchev–Trinajstić information content (AvgIpc) is 2.17. The number of hydroxylamine groups is 1. The van der Waals surface area contributed by atoms with Crippen LogP contribution < -0.4 is 5.48 Å². The summed E-state index contributed by atoms with van der Waals surface area (Å²) < 4.78 is 13.1. The van der Waals surface area contributed by atoms with Crippen LogP contribution in [0.3, 0.4) is 0 Å². The van der Waals surface area contributed by atoms with Gasteiger partial charge in [-0.05, 0) is 27.7 Å². The van der Waals surface area contributed by atoms with Gasteiger partial charge in [0.15, 0.2) is 0 Å². The molecule has 0 amide bonds. The van der Waals surface area contributed by atoms with Gasteiger partial charge in [-0.1, -0.05) is 0 Å². The van der Waals surface area contributed by atoms with Crippen molar-refractivity contribution in [3.63, 3.8) is 0 Å². The zero-order valence-corrected chi connectivity index (χ0v) is 11.6. The van der Waals surface area contributed by atoms with Gasteiger partial charge in [0, 0.05) is 19.1 Å². The minimum absolute atomic E-state index is 0.335. The third-order valence-electron chi connectivity index (χ3n) is 1.83. The molecule has 0 saturated carbocycles. The van der Waals surface area contributed by atoms with Gasteiger partial charge in [0.1, 0.15) is 0 Å². The maximum atomic E-state index is 8.47. The SMILES string of the molecule is CNOP(OCCC#N)N(C(C)C)C(C)C. The van der Waals surface area contributed by atoms with E-state index in [1.807, 2.05) is 0 Å². The molecule has 0 bridgehead atoms. The second kappa shape index (κ2) is 8.86. The van der Waals surface area contributed by atoms with E-state index in [0.29, 0.717) is 25.1 Å². The molecular weight excluding hydrogens is 225 g/mol. The lowest BCUT2D eigenvalue weighted by Gasteiger charge is -2.34. The van der Waals surface area contributed by atoms with Crippen LogP contribution in [-0.2, 0) is 9.15 Å². The van der Waals surface area contributed by atoms with Crippen LogP contribution in [0.4, 0.5) is 0 Å². The smallest absolute Gasteiger partial charge is 0.277 e. The monoisotopic (exact) mass is 247 g/mol. The molecule has 0 aliphatic carbocycles. The topological polar surface area (TPSA) is 57.5 Å². The number of nitriles is 1. The Bertz CT molecular complexity index is 211. The molecule has 0 aromatic carbocycles. The van der Waals surface area contributed by atoms with E-state index in [-0.39, 0.29) is 0 Å². The molecule has 0 aromatic rings. The lowest BCUT2D eigenvalue weighted by molar-refractivity contribution is 0.138. The minimum atomic E-state index is -1.14. The van der Waals surface area contributed by atoms with Gasteiger partial charge in [0.25, 0.3) is 8.53 Å². The van der Waals surface area contributed by atoms with Crippen LogP contribution >= 0.6 is 8.53 Å². The Hall–Kier alpha value is -0.240. The van der Waals surface area contributed by atoms with Crippen LogP contribution in [0.1, 0.15) is 34.1 Å². The molecule has 0 fully saturated rings. The second-order valence-electron chi connectivity index (χ2n) is 3.84. The first-order chi connectivity index (χ1) is 7.54. The van der Waals surface area contributed by atoms with E-state index in [9.17, 15) is 0 Å². The summed E-state index contributed by atoms with van der Waals surface area (Å²) in [6.07, 6.45) is 0.385. The van der Waals surface area contributed by atoms with Crippen molar-refractivity contribution < 1.29 is 9.15 Å². The lowest BCUT2D eigenvalue weighted by atomic mass is 10.3. The van der Waals surface area contributed by atoms with E-state index in [1.54, 1.807) is 7.05 Å². The maximum absolute atomic E-state index is 8.47. The fourth-order valence-electron chi connectivity index (χ4n) is 1.36. The van der Waals surface area contributed by atoms with E-state index in [4.69, 9.17) is 14.4 Å². The molecular formula is C10H22N3O2P. The molecule has 0 radical (unpaired) electrons. The average molecular weight is 247 g/mol. The summed E-state index contributed by atoms with van der Waals surface area (Å²) in [7, 11) is 0.567. The molecule has 1 atom stereocenters. The van der Waals surface area contributed by atoms with Gasteiger partial charge in [-0.2, -0.15) is 10.7 Å². The summed E-state index contributed by atoms with van der Waals surface area (Å²) in [6, 6.07) is 2.72. The van der Waals surface area contributed by atoms with Gasteiger partial charge in [-0.15, -0.1) is 0 Å². The lowest BCUT2D eigenvalue weighted by Crippen LogP contribution is -2.34. The Kier molecular flexibility index (Phi) is 8.73. The van der Waals surface area contributed by atoms with E-state index in [2.05, 4.69) is 43.9 Å². The normalized spacial score (nSPS) is 13.4. The summed E-state index contributed by atoms with van der Waals surface area (Å²) in [5.41, 5.74) is 2.66. The summed E-state index contributed by atoms with van der Waals surface area (Å²) in [5.74, 6) is 0. The van der Waals surface area contributed by atoms with Gasteiger partial charge in [-0.25, -0.2) is 9.29 Å². The highest BCUT2D eigenvalue weighted by Crippen LogP contribution is 2.44. The number of nitrogens with one attached hydrogen (secondary N) is 1. The van der Waals surface area contributed by atoms with Gasteiger partial charge in [-0.3, -0.25) is 0 Å². The summed E-state index contributed by atoms with van der Waals surface area (Å²) >= 11 is 0. The molecule has 0 rings (SSSR count). The fourth-order valence-corrected chi connectivity index (χ4v) is 2.80. The van der Waals surface area contributed by atoms with Crippen molar-refractivity contribution in [3.05, 3.63) is 0 Å². The van der Waals surface area contributed by atoms with Crippen molar-refractivity contribution in [1.82, 2.24) is 10.2 Å². The maximum Gasteiger partial charge on any atom is 0.277 e. The molecule has 6 heteroatoms. The summed E-state index contributed by atoms with van der Waals surface area (Å²) in [4.78, 5) is 0. The Morgan fingerprint density at radius 2 is 1.88 bits per heavy atom. The molecule has 16 heavy (non-hydrogen) atoms. The molecule has 1 N–H and O–H groups in total. The first-order valence-electron chi connectivity index (χ1n) is 5.46. The van der Waals surface area contributed by atoms with Crippen molar-refractivity contribution in [2.24, 2.45) is 0 Å². The minimum Gasteiger partial charge on any atom is -0.320 e. The molecule has 1 unspecified atom stereocenters. The zero-order chi connectivity index (χ0) is 12.6. The molecule has 0 aromatic heterocycles. The van der Waals surface area contributed by atoms with Gasteiger partial charge >= 0.3 is 0 Å². The van der Waals surface area contributed by atoms with Crippen molar-refractivity contribution in [2.75, 3.05) is 13.7 Å². The third-order valence-corrected chi connectivity index (χ3v) is 3.87. The van der Waals surface area contributed by atoms with Crippen LogP contribution in [0.2, 0.25) is 0 Å². The number of rotatable bonds is 8. The molecule has 0 aliphatic heterocycles. The summed E-state index contributed by atoms with van der Waals surface area (Å²) in [6.45, 7) is 8.80. The predicted molar refractivity (Wildman–Crippen MR) is 65.4 cm³/mol. The van der Waals surface area contributed by atoms with E-state index in [0.717, 1.165) is 0 Å². The zero-order valence-electron chi connectivity index (χ0n) is 10.7. The van der Waals surface area contributed by atoms with E-state index >= 15 is 0 Å². The Morgan fingerprint density at radius 1 is 1.31 bits per heavy atom. The molecule has 94 valence electrons. The Balaban J connectivity index is 4.39. The van der Waals surface area contributed by atoms with Gasteiger partial charge in [0.2, 0.25) is 0 Å². The summed E-state index contributed by atoms with van der Waals surface area (Å²) in [5, 5.41) is 8.47. The predicted octanol–water partition coefficient (Wildman–Crippen LogP) is 2.41.